The Labute approximate surface area is 190 Å². The summed E-state index contributed by atoms with van der Waals surface area (Å²) in [6, 6.07) is 15.3. The molecule has 32 heavy (non-hydrogen) atoms. The highest BCUT2D eigenvalue weighted by molar-refractivity contribution is 6.31. The van der Waals surface area contributed by atoms with Crippen molar-refractivity contribution in [1.29, 1.82) is 0 Å². The van der Waals surface area contributed by atoms with E-state index < -0.39 is 0 Å². The summed E-state index contributed by atoms with van der Waals surface area (Å²) in [5.41, 5.74) is 8.46. The number of nitrogens with one attached hydrogen (secondary N) is 1. The molecule has 0 spiro atoms. The van der Waals surface area contributed by atoms with E-state index in [1.807, 2.05) is 48.5 Å². The predicted octanol–water partition coefficient (Wildman–Crippen LogP) is 4.93. The second-order valence-electron chi connectivity index (χ2n) is 8.02. The minimum atomic E-state index is 0.0139. The first kappa shape index (κ1) is 20.7. The molecule has 164 valence electrons. The molecule has 9 heteroatoms. The van der Waals surface area contributed by atoms with Crippen molar-refractivity contribution in [2.45, 2.75) is 31.7 Å². The van der Waals surface area contributed by atoms with Crippen LogP contribution in [0.15, 0.2) is 52.9 Å². The Balaban J connectivity index is 1.27. The molecule has 1 atom stereocenters. The largest absolute Gasteiger partial charge is 0.440 e. The molecule has 0 saturated carbocycles. The third-order valence-electron chi connectivity index (χ3n) is 5.87. The molecule has 4 aromatic rings. The van der Waals surface area contributed by atoms with Crippen LogP contribution in [0.4, 0.5) is 17.6 Å². The zero-order chi connectivity index (χ0) is 22.1. The topological polar surface area (TPSA) is 106 Å². The number of halogens is 1. The van der Waals surface area contributed by atoms with Crippen molar-refractivity contribution >= 4 is 40.3 Å². The number of rotatable bonds is 5. The van der Waals surface area contributed by atoms with Gasteiger partial charge in [-0.1, -0.05) is 29.8 Å². The highest BCUT2D eigenvalue weighted by atomic mass is 35.5. The molecule has 1 aliphatic rings. The molecule has 0 aliphatic carbocycles. The normalized spacial score (nSPS) is 16.3. The van der Waals surface area contributed by atoms with Gasteiger partial charge < -0.3 is 15.5 Å². The van der Waals surface area contributed by atoms with E-state index in [0.29, 0.717) is 16.8 Å². The zero-order valence-corrected chi connectivity index (χ0v) is 18.5. The Kier molecular flexibility index (Phi) is 5.63. The standard InChI is InChI=1S/C23H24ClN7O/c1-14(20-28-22(25)30-23(29-20)26-17-5-3-2-4-6-17)31-11-9-15(10-12-31)21-27-18-13-16(24)7-8-19(18)32-21/h2-8,13-15H,9-12H2,1H3,(H3,25,26,28,29,30). The van der Waals surface area contributed by atoms with E-state index >= 15 is 0 Å². The van der Waals surface area contributed by atoms with Gasteiger partial charge in [0, 0.05) is 16.6 Å². The molecule has 1 aliphatic heterocycles. The van der Waals surface area contributed by atoms with Crippen molar-refractivity contribution in [3.63, 3.8) is 0 Å². The van der Waals surface area contributed by atoms with Crippen LogP contribution >= 0.6 is 11.6 Å². The molecule has 2 aromatic heterocycles. The number of nitrogen functional groups attached to an aromatic ring is 1. The van der Waals surface area contributed by atoms with Crippen molar-refractivity contribution in [3.8, 4) is 0 Å². The maximum atomic E-state index is 6.08. The van der Waals surface area contributed by atoms with Crippen LogP contribution in [0.2, 0.25) is 5.02 Å². The van der Waals surface area contributed by atoms with Gasteiger partial charge in [0.25, 0.3) is 0 Å². The number of para-hydroxylation sites is 1. The summed E-state index contributed by atoms with van der Waals surface area (Å²) in [6.07, 6.45) is 1.89. The van der Waals surface area contributed by atoms with E-state index in [1.165, 1.54) is 0 Å². The van der Waals surface area contributed by atoms with Gasteiger partial charge >= 0.3 is 0 Å². The van der Waals surface area contributed by atoms with Crippen LogP contribution in [0.1, 0.15) is 43.4 Å². The molecule has 5 rings (SSSR count). The van der Waals surface area contributed by atoms with Gasteiger partial charge in [0.15, 0.2) is 17.3 Å². The number of hydrogen-bond acceptors (Lipinski definition) is 8. The third kappa shape index (κ3) is 4.37. The van der Waals surface area contributed by atoms with Crippen molar-refractivity contribution in [2.75, 3.05) is 24.1 Å². The molecule has 1 unspecified atom stereocenters. The number of nitrogens with zero attached hydrogens (tertiary/aromatic N) is 5. The summed E-state index contributed by atoms with van der Waals surface area (Å²) in [5, 5.41) is 3.86. The average Bonchev–Trinajstić information content (AvgIpc) is 3.22. The molecule has 1 saturated heterocycles. The SMILES string of the molecule is CC(c1nc(N)nc(Nc2ccccc2)n1)N1CCC(c2nc3cc(Cl)ccc3o2)CC1. The minimum absolute atomic E-state index is 0.0139. The third-order valence-corrected chi connectivity index (χ3v) is 6.10. The summed E-state index contributed by atoms with van der Waals surface area (Å²) < 4.78 is 5.98. The first-order valence-electron chi connectivity index (χ1n) is 10.7. The number of nitrogens with two attached hydrogens (primary N) is 1. The van der Waals surface area contributed by atoms with Gasteiger partial charge in [-0.05, 0) is 63.2 Å². The Morgan fingerprint density at radius 1 is 1.06 bits per heavy atom. The fourth-order valence-corrected chi connectivity index (χ4v) is 4.26. The number of oxazole rings is 1. The van der Waals surface area contributed by atoms with Gasteiger partial charge in [0.1, 0.15) is 5.52 Å². The number of hydrogen-bond donors (Lipinski definition) is 2. The van der Waals surface area contributed by atoms with E-state index in [0.717, 1.165) is 48.6 Å². The number of aromatic nitrogens is 4. The van der Waals surface area contributed by atoms with Crippen molar-refractivity contribution in [1.82, 2.24) is 24.8 Å². The van der Waals surface area contributed by atoms with Crippen LogP contribution in [-0.4, -0.2) is 37.9 Å². The van der Waals surface area contributed by atoms with Gasteiger partial charge in [-0.2, -0.15) is 15.0 Å². The van der Waals surface area contributed by atoms with Gasteiger partial charge in [-0.15, -0.1) is 0 Å². The predicted molar refractivity (Wildman–Crippen MR) is 125 cm³/mol. The molecule has 2 aromatic carbocycles. The van der Waals surface area contributed by atoms with Crippen LogP contribution in [0, 0.1) is 0 Å². The number of piperidine rings is 1. The van der Waals surface area contributed by atoms with Crippen LogP contribution < -0.4 is 11.1 Å². The number of likely N-dealkylation sites (tertiary alicyclic amines) is 1. The van der Waals surface area contributed by atoms with Gasteiger partial charge in [0.05, 0.1) is 6.04 Å². The molecule has 0 bridgehead atoms. The molecular weight excluding hydrogens is 426 g/mol. The summed E-state index contributed by atoms with van der Waals surface area (Å²) in [7, 11) is 0. The molecular formula is C23H24ClN7O. The lowest BCUT2D eigenvalue weighted by molar-refractivity contribution is 0.150. The lowest BCUT2D eigenvalue weighted by Crippen LogP contribution is -2.36. The maximum Gasteiger partial charge on any atom is 0.232 e. The number of benzene rings is 2. The number of anilines is 3. The fraction of sp³-hybridized carbons (Fsp3) is 0.304. The van der Waals surface area contributed by atoms with E-state index in [1.54, 1.807) is 0 Å². The molecule has 8 nitrogen and oxygen atoms in total. The summed E-state index contributed by atoms with van der Waals surface area (Å²) in [6.45, 7) is 3.87. The van der Waals surface area contributed by atoms with Crippen LogP contribution in [-0.2, 0) is 0 Å². The van der Waals surface area contributed by atoms with E-state index in [9.17, 15) is 0 Å². The van der Waals surface area contributed by atoms with E-state index in [-0.39, 0.29) is 17.9 Å². The lowest BCUT2D eigenvalue weighted by atomic mass is 9.95. The molecule has 0 amide bonds. The Bertz CT molecular complexity index is 1220. The van der Waals surface area contributed by atoms with Crippen molar-refractivity contribution < 1.29 is 4.42 Å². The average molecular weight is 450 g/mol. The fourth-order valence-electron chi connectivity index (χ4n) is 4.09. The molecule has 3 heterocycles. The first-order chi connectivity index (χ1) is 15.5. The molecule has 0 radical (unpaired) electrons. The highest BCUT2D eigenvalue weighted by Crippen LogP contribution is 2.33. The number of fused-ring (bicyclic) bond motifs is 1. The smallest absolute Gasteiger partial charge is 0.232 e. The summed E-state index contributed by atoms with van der Waals surface area (Å²) >= 11 is 6.08. The zero-order valence-electron chi connectivity index (χ0n) is 17.7. The van der Waals surface area contributed by atoms with Crippen LogP contribution in [0.3, 0.4) is 0 Å². The summed E-state index contributed by atoms with van der Waals surface area (Å²) in [4.78, 5) is 20.3. The lowest BCUT2D eigenvalue weighted by Gasteiger charge is -2.34. The second kappa shape index (κ2) is 8.72. The molecule has 1 fully saturated rings. The highest BCUT2D eigenvalue weighted by Gasteiger charge is 2.29. The van der Waals surface area contributed by atoms with Crippen molar-refractivity contribution in [3.05, 3.63) is 65.3 Å². The van der Waals surface area contributed by atoms with Gasteiger partial charge in [-0.25, -0.2) is 4.98 Å². The van der Waals surface area contributed by atoms with Gasteiger partial charge in [0.2, 0.25) is 11.9 Å². The van der Waals surface area contributed by atoms with Crippen molar-refractivity contribution in [2.24, 2.45) is 0 Å². The second-order valence-corrected chi connectivity index (χ2v) is 8.45. The maximum absolute atomic E-state index is 6.08. The van der Waals surface area contributed by atoms with E-state index in [2.05, 4.69) is 37.1 Å². The minimum Gasteiger partial charge on any atom is -0.440 e. The monoisotopic (exact) mass is 449 g/mol. The van der Waals surface area contributed by atoms with Crippen LogP contribution in [0.25, 0.3) is 11.1 Å². The summed E-state index contributed by atoms with van der Waals surface area (Å²) in [5.74, 6) is 2.38. The Morgan fingerprint density at radius 2 is 1.84 bits per heavy atom. The van der Waals surface area contributed by atoms with E-state index in [4.69, 9.17) is 21.8 Å². The first-order valence-corrected chi connectivity index (χ1v) is 11.1. The quantitative estimate of drug-likeness (QED) is 0.441. The van der Waals surface area contributed by atoms with Crippen LogP contribution in [0.5, 0.6) is 0 Å². The Hall–Kier alpha value is -3.23. The van der Waals surface area contributed by atoms with Gasteiger partial charge in [-0.3, -0.25) is 4.90 Å². The Morgan fingerprint density at radius 3 is 2.62 bits per heavy atom. The molecule has 3 N–H and O–H groups in total.